The monoisotopic (exact) mass is 216 g/mol. The number of methoxy groups -OCH3 is 1. The highest BCUT2D eigenvalue weighted by molar-refractivity contribution is 5.81. The lowest BCUT2D eigenvalue weighted by Gasteiger charge is -2.23. The molecule has 0 aromatic carbocycles. The van der Waals surface area contributed by atoms with Gasteiger partial charge in [-0.05, 0) is 19.4 Å². The minimum atomic E-state index is -0.623. The van der Waals surface area contributed by atoms with Crippen LogP contribution < -0.4 is 10.6 Å². The summed E-state index contributed by atoms with van der Waals surface area (Å²) in [5.41, 5.74) is 0. The highest BCUT2D eigenvalue weighted by Gasteiger charge is 2.20. The number of piperidine rings is 1. The van der Waals surface area contributed by atoms with Crippen molar-refractivity contribution in [2.24, 2.45) is 0 Å². The van der Waals surface area contributed by atoms with Gasteiger partial charge in [-0.15, -0.1) is 0 Å². The molecule has 0 bridgehead atoms. The van der Waals surface area contributed by atoms with Crippen LogP contribution in [-0.4, -0.2) is 50.0 Å². The molecule has 1 saturated heterocycles. The van der Waals surface area contributed by atoms with E-state index in [0.717, 1.165) is 25.8 Å². The van der Waals surface area contributed by atoms with E-state index in [9.17, 15) is 9.90 Å². The molecule has 2 unspecified atom stereocenters. The Morgan fingerprint density at radius 1 is 1.67 bits per heavy atom. The number of carbonyl (C=O) groups excluding carboxylic acids is 1. The van der Waals surface area contributed by atoms with Crippen LogP contribution in [0.2, 0.25) is 0 Å². The number of aliphatic hydroxyl groups is 1. The summed E-state index contributed by atoms with van der Waals surface area (Å²) in [6, 6.07) is -0.0894. The first-order valence-corrected chi connectivity index (χ1v) is 5.42. The van der Waals surface area contributed by atoms with Gasteiger partial charge in [0.1, 0.15) is 0 Å². The van der Waals surface area contributed by atoms with Crippen molar-refractivity contribution in [1.29, 1.82) is 0 Å². The standard InChI is InChI=1S/C10H20N2O3/c1-15-7-8(13)6-12-10(14)9-4-2-3-5-11-9/h8-9,11,13H,2-7H2,1H3,(H,12,14). The van der Waals surface area contributed by atoms with E-state index in [2.05, 4.69) is 10.6 Å². The lowest BCUT2D eigenvalue weighted by Crippen LogP contribution is -2.48. The summed E-state index contributed by atoms with van der Waals surface area (Å²) in [6.07, 6.45) is 2.48. The Morgan fingerprint density at radius 2 is 2.47 bits per heavy atom. The number of hydrogen-bond donors (Lipinski definition) is 3. The fourth-order valence-corrected chi connectivity index (χ4v) is 1.67. The molecule has 5 heteroatoms. The molecular weight excluding hydrogens is 196 g/mol. The molecule has 0 aromatic heterocycles. The van der Waals surface area contributed by atoms with E-state index in [1.165, 1.54) is 7.11 Å². The summed E-state index contributed by atoms with van der Waals surface area (Å²) < 4.78 is 4.76. The number of carbonyl (C=O) groups is 1. The van der Waals surface area contributed by atoms with Crippen molar-refractivity contribution in [2.45, 2.75) is 31.4 Å². The average Bonchev–Trinajstić information content (AvgIpc) is 2.27. The SMILES string of the molecule is COCC(O)CNC(=O)C1CCCCN1. The number of rotatable bonds is 5. The predicted molar refractivity (Wildman–Crippen MR) is 56.5 cm³/mol. The number of nitrogens with one attached hydrogen (secondary N) is 2. The molecule has 88 valence electrons. The first-order chi connectivity index (χ1) is 7.24. The van der Waals surface area contributed by atoms with Gasteiger partial charge in [0, 0.05) is 13.7 Å². The molecule has 2 atom stereocenters. The zero-order chi connectivity index (χ0) is 11.1. The third-order valence-electron chi connectivity index (χ3n) is 2.50. The Balaban J connectivity index is 2.16. The molecule has 0 aliphatic carbocycles. The van der Waals surface area contributed by atoms with E-state index in [1.54, 1.807) is 0 Å². The van der Waals surface area contributed by atoms with Crippen molar-refractivity contribution in [3.8, 4) is 0 Å². The second kappa shape index (κ2) is 6.76. The highest BCUT2D eigenvalue weighted by Crippen LogP contribution is 2.06. The normalized spacial score (nSPS) is 23.5. The minimum Gasteiger partial charge on any atom is -0.389 e. The zero-order valence-corrected chi connectivity index (χ0v) is 9.16. The van der Waals surface area contributed by atoms with E-state index in [-0.39, 0.29) is 25.1 Å². The summed E-state index contributed by atoms with van der Waals surface area (Å²) in [4.78, 5) is 11.6. The van der Waals surface area contributed by atoms with E-state index in [4.69, 9.17) is 4.74 Å². The second-order valence-electron chi connectivity index (χ2n) is 3.86. The molecule has 1 aliphatic rings. The van der Waals surface area contributed by atoms with Crippen LogP contribution in [0.1, 0.15) is 19.3 Å². The largest absolute Gasteiger partial charge is 0.389 e. The molecule has 0 radical (unpaired) electrons. The third kappa shape index (κ3) is 4.59. The van der Waals surface area contributed by atoms with Gasteiger partial charge in [0.25, 0.3) is 0 Å². The summed E-state index contributed by atoms with van der Waals surface area (Å²) in [5, 5.41) is 15.2. The van der Waals surface area contributed by atoms with E-state index >= 15 is 0 Å². The lowest BCUT2D eigenvalue weighted by molar-refractivity contribution is -0.124. The van der Waals surface area contributed by atoms with Gasteiger partial charge in [-0.25, -0.2) is 0 Å². The van der Waals surface area contributed by atoms with E-state index in [0.29, 0.717) is 0 Å². The van der Waals surface area contributed by atoms with E-state index in [1.807, 2.05) is 0 Å². The lowest BCUT2D eigenvalue weighted by atomic mass is 10.0. The van der Waals surface area contributed by atoms with Crippen LogP contribution in [0.3, 0.4) is 0 Å². The Kier molecular flexibility index (Phi) is 5.60. The topological polar surface area (TPSA) is 70.6 Å². The van der Waals surface area contributed by atoms with Crippen molar-refractivity contribution >= 4 is 5.91 Å². The number of aliphatic hydroxyl groups excluding tert-OH is 1. The van der Waals surface area contributed by atoms with Crippen LogP contribution in [0, 0.1) is 0 Å². The number of amides is 1. The molecule has 1 heterocycles. The van der Waals surface area contributed by atoms with E-state index < -0.39 is 6.10 Å². The summed E-state index contributed by atoms with van der Waals surface area (Å²) in [6.45, 7) is 1.40. The fraction of sp³-hybridized carbons (Fsp3) is 0.900. The smallest absolute Gasteiger partial charge is 0.237 e. The Bertz CT molecular complexity index is 193. The van der Waals surface area contributed by atoms with Crippen LogP contribution in [0.5, 0.6) is 0 Å². The summed E-state index contributed by atoms with van der Waals surface area (Å²) in [7, 11) is 1.52. The molecule has 3 N–H and O–H groups in total. The van der Waals surface area contributed by atoms with Gasteiger partial charge in [-0.1, -0.05) is 6.42 Å². The van der Waals surface area contributed by atoms with Gasteiger partial charge >= 0.3 is 0 Å². The van der Waals surface area contributed by atoms with Gasteiger partial charge in [-0.3, -0.25) is 4.79 Å². The molecular formula is C10H20N2O3. The van der Waals surface area contributed by atoms with Crippen LogP contribution in [0.15, 0.2) is 0 Å². The van der Waals surface area contributed by atoms with Gasteiger partial charge in [0.2, 0.25) is 5.91 Å². The zero-order valence-electron chi connectivity index (χ0n) is 9.16. The third-order valence-corrected chi connectivity index (χ3v) is 2.50. The summed E-state index contributed by atoms with van der Waals surface area (Å²) in [5.74, 6) is -0.0233. The number of hydrogen-bond acceptors (Lipinski definition) is 4. The molecule has 5 nitrogen and oxygen atoms in total. The first-order valence-electron chi connectivity index (χ1n) is 5.42. The Hall–Kier alpha value is -0.650. The summed E-state index contributed by atoms with van der Waals surface area (Å²) >= 11 is 0. The average molecular weight is 216 g/mol. The van der Waals surface area contributed by atoms with Crippen LogP contribution in [0.4, 0.5) is 0 Å². The van der Waals surface area contributed by atoms with Crippen molar-refractivity contribution in [3.05, 3.63) is 0 Å². The van der Waals surface area contributed by atoms with Crippen LogP contribution in [0.25, 0.3) is 0 Å². The molecule has 1 rings (SSSR count). The van der Waals surface area contributed by atoms with Gasteiger partial charge in [-0.2, -0.15) is 0 Å². The molecule has 1 fully saturated rings. The van der Waals surface area contributed by atoms with Gasteiger partial charge in [0.15, 0.2) is 0 Å². The highest BCUT2D eigenvalue weighted by atomic mass is 16.5. The molecule has 1 aliphatic heterocycles. The molecule has 0 aromatic rings. The Labute approximate surface area is 90.2 Å². The second-order valence-corrected chi connectivity index (χ2v) is 3.86. The van der Waals surface area contributed by atoms with Gasteiger partial charge in [0.05, 0.1) is 18.8 Å². The maximum absolute atomic E-state index is 11.6. The predicted octanol–water partition coefficient (Wildman–Crippen LogP) is -0.748. The first kappa shape index (κ1) is 12.4. The van der Waals surface area contributed by atoms with Crippen molar-refractivity contribution < 1.29 is 14.6 Å². The van der Waals surface area contributed by atoms with Crippen molar-refractivity contribution in [1.82, 2.24) is 10.6 Å². The number of ether oxygens (including phenoxy) is 1. The minimum absolute atomic E-state index is 0.0233. The maximum Gasteiger partial charge on any atom is 0.237 e. The maximum atomic E-state index is 11.6. The van der Waals surface area contributed by atoms with Gasteiger partial charge < -0.3 is 20.5 Å². The molecule has 1 amide bonds. The van der Waals surface area contributed by atoms with Crippen molar-refractivity contribution in [2.75, 3.05) is 26.8 Å². The fourth-order valence-electron chi connectivity index (χ4n) is 1.67. The van der Waals surface area contributed by atoms with Crippen LogP contribution in [-0.2, 0) is 9.53 Å². The Morgan fingerprint density at radius 3 is 3.07 bits per heavy atom. The molecule has 0 spiro atoms. The quantitative estimate of drug-likeness (QED) is 0.565. The molecule has 0 saturated carbocycles. The van der Waals surface area contributed by atoms with Crippen LogP contribution >= 0.6 is 0 Å². The molecule has 15 heavy (non-hydrogen) atoms. The van der Waals surface area contributed by atoms with Crippen molar-refractivity contribution in [3.63, 3.8) is 0 Å².